The van der Waals surface area contributed by atoms with E-state index in [-0.39, 0.29) is 30.2 Å². The number of carbonyl (C=O) groups excluding carboxylic acids is 3. The summed E-state index contributed by atoms with van der Waals surface area (Å²) < 4.78 is 13.3. The zero-order valence-corrected chi connectivity index (χ0v) is 22.3. The number of anilines is 2. The highest BCUT2D eigenvalue weighted by molar-refractivity contribution is 6.02. The molecule has 3 N–H and O–H groups in total. The number of hydrogen-bond donors (Lipinski definition) is 3. The van der Waals surface area contributed by atoms with Crippen molar-refractivity contribution in [2.24, 2.45) is 0 Å². The molecule has 9 heteroatoms. The number of nitrogens with zero attached hydrogens (tertiary/aromatic N) is 2. The number of halogens is 1. The summed E-state index contributed by atoms with van der Waals surface area (Å²) in [7, 11) is 0. The van der Waals surface area contributed by atoms with Crippen LogP contribution in [0.5, 0.6) is 0 Å². The van der Waals surface area contributed by atoms with Crippen LogP contribution in [-0.2, 0) is 6.54 Å². The predicted molar refractivity (Wildman–Crippen MR) is 151 cm³/mol. The molecule has 0 radical (unpaired) electrons. The first-order valence-electron chi connectivity index (χ1n) is 13.2. The Balaban J connectivity index is 1.52. The molecule has 4 amide bonds. The highest BCUT2D eigenvalue weighted by atomic mass is 19.1. The lowest BCUT2D eigenvalue weighted by molar-refractivity contribution is 0.0766. The molecule has 1 aliphatic heterocycles. The van der Waals surface area contributed by atoms with Crippen LogP contribution in [0.2, 0.25) is 0 Å². The van der Waals surface area contributed by atoms with E-state index in [0.29, 0.717) is 49.5 Å². The van der Waals surface area contributed by atoms with Gasteiger partial charge in [-0.3, -0.25) is 9.59 Å². The van der Waals surface area contributed by atoms with E-state index in [1.165, 1.54) is 12.1 Å². The highest BCUT2D eigenvalue weighted by Gasteiger charge is 2.24. The standard InChI is InChI=1S/C30H34FN5O3/c1-3-32-30(39)34-25-13-14-27(26(19-25)28(37)33-20-22-7-11-24(31)12-8-22)35-15-4-16-36(18-17-35)29(38)23-9-5-21(2)6-10-23/h5-14,19H,3-4,15-18,20H2,1-2H3,(H,33,37)(H2,32,34,39). The van der Waals surface area contributed by atoms with Gasteiger partial charge in [0.05, 0.1) is 5.56 Å². The molecule has 0 spiro atoms. The van der Waals surface area contributed by atoms with Crippen molar-refractivity contribution in [2.45, 2.75) is 26.8 Å². The molecule has 4 rings (SSSR count). The van der Waals surface area contributed by atoms with Crippen LogP contribution in [0.3, 0.4) is 0 Å². The zero-order chi connectivity index (χ0) is 27.8. The number of carbonyl (C=O) groups is 3. The second-order valence-electron chi connectivity index (χ2n) is 9.52. The lowest BCUT2D eigenvalue weighted by Crippen LogP contribution is -2.36. The van der Waals surface area contributed by atoms with Crippen molar-refractivity contribution in [3.63, 3.8) is 0 Å². The van der Waals surface area contributed by atoms with E-state index in [2.05, 4.69) is 20.9 Å². The summed E-state index contributed by atoms with van der Waals surface area (Å²) in [6.07, 6.45) is 0.743. The van der Waals surface area contributed by atoms with Crippen molar-refractivity contribution in [3.05, 3.63) is 94.8 Å². The van der Waals surface area contributed by atoms with Gasteiger partial charge >= 0.3 is 6.03 Å². The minimum Gasteiger partial charge on any atom is -0.369 e. The second kappa shape index (κ2) is 12.9. The summed E-state index contributed by atoms with van der Waals surface area (Å²) in [6, 6.07) is 18.4. The molecule has 1 fully saturated rings. The number of urea groups is 1. The first-order valence-corrected chi connectivity index (χ1v) is 13.2. The molecular formula is C30H34FN5O3. The van der Waals surface area contributed by atoms with Crippen LogP contribution >= 0.6 is 0 Å². The minimum absolute atomic E-state index is 0.00408. The monoisotopic (exact) mass is 531 g/mol. The molecule has 0 saturated carbocycles. The van der Waals surface area contributed by atoms with Gasteiger partial charge in [0.15, 0.2) is 0 Å². The summed E-state index contributed by atoms with van der Waals surface area (Å²) in [4.78, 5) is 42.5. The summed E-state index contributed by atoms with van der Waals surface area (Å²) in [6.45, 7) is 6.86. The fraction of sp³-hybridized carbons (Fsp3) is 0.300. The summed E-state index contributed by atoms with van der Waals surface area (Å²) in [5.41, 5.74) is 4.15. The topological polar surface area (TPSA) is 93.8 Å². The van der Waals surface area contributed by atoms with Crippen molar-refractivity contribution in [3.8, 4) is 0 Å². The van der Waals surface area contributed by atoms with Gasteiger partial charge in [-0.05, 0) is 68.3 Å². The molecule has 0 bridgehead atoms. The molecule has 0 aromatic heterocycles. The first-order chi connectivity index (χ1) is 18.8. The third kappa shape index (κ3) is 7.34. The van der Waals surface area contributed by atoms with Gasteiger partial charge in [0, 0.05) is 56.2 Å². The van der Waals surface area contributed by atoms with Crippen molar-refractivity contribution < 1.29 is 18.8 Å². The Morgan fingerprint density at radius 2 is 1.62 bits per heavy atom. The Kier molecular flexibility index (Phi) is 9.14. The number of benzene rings is 3. The second-order valence-corrected chi connectivity index (χ2v) is 9.52. The Hall–Kier alpha value is -4.40. The molecule has 39 heavy (non-hydrogen) atoms. The molecule has 0 aliphatic carbocycles. The molecule has 1 aliphatic rings. The van der Waals surface area contributed by atoms with Gasteiger partial charge in [0.1, 0.15) is 5.82 Å². The van der Waals surface area contributed by atoms with E-state index in [0.717, 1.165) is 23.2 Å². The van der Waals surface area contributed by atoms with E-state index in [1.807, 2.05) is 49.1 Å². The van der Waals surface area contributed by atoms with E-state index in [4.69, 9.17) is 0 Å². The minimum atomic E-state index is -0.358. The Bertz CT molecular complexity index is 1310. The van der Waals surface area contributed by atoms with Crippen LogP contribution < -0.4 is 20.9 Å². The van der Waals surface area contributed by atoms with Gasteiger partial charge in [-0.25, -0.2) is 9.18 Å². The molecule has 8 nitrogen and oxygen atoms in total. The molecular weight excluding hydrogens is 497 g/mol. The molecule has 204 valence electrons. The molecule has 1 heterocycles. The molecule has 1 saturated heterocycles. The number of aryl methyl sites for hydroxylation is 1. The summed E-state index contributed by atoms with van der Waals surface area (Å²) >= 11 is 0. The third-order valence-electron chi connectivity index (χ3n) is 6.63. The Morgan fingerprint density at radius 3 is 2.33 bits per heavy atom. The van der Waals surface area contributed by atoms with Crippen LogP contribution in [0.4, 0.5) is 20.6 Å². The molecule has 3 aromatic carbocycles. The maximum Gasteiger partial charge on any atom is 0.319 e. The number of hydrogen-bond acceptors (Lipinski definition) is 4. The van der Waals surface area contributed by atoms with Crippen LogP contribution in [-0.4, -0.2) is 55.5 Å². The fourth-order valence-electron chi connectivity index (χ4n) is 4.53. The van der Waals surface area contributed by atoms with Gasteiger partial charge in [-0.1, -0.05) is 29.8 Å². The number of rotatable bonds is 7. The van der Waals surface area contributed by atoms with E-state index >= 15 is 0 Å². The first kappa shape index (κ1) is 27.6. The van der Waals surface area contributed by atoms with Gasteiger partial charge in [-0.15, -0.1) is 0 Å². The average molecular weight is 532 g/mol. The fourth-order valence-corrected chi connectivity index (χ4v) is 4.53. The normalized spacial score (nSPS) is 13.4. The van der Waals surface area contributed by atoms with E-state index in [1.54, 1.807) is 24.3 Å². The predicted octanol–water partition coefficient (Wildman–Crippen LogP) is 4.56. The van der Waals surface area contributed by atoms with Crippen LogP contribution in [0.1, 0.15) is 45.2 Å². The van der Waals surface area contributed by atoms with Crippen LogP contribution in [0.15, 0.2) is 66.7 Å². The van der Waals surface area contributed by atoms with Crippen molar-refractivity contribution in [1.82, 2.24) is 15.5 Å². The lowest BCUT2D eigenvalue weighted by atomic mass is 10.1. The summed E-state index contributed by atoms with van der Waals surface area (Å²) in [5, 5.41) is 8.35. The maximum absolute atomic E-state index is 13.4. The van der Waals surface area contributed by atoms with Crippen molar-refractivity contribution in [2.75, 3.05) is 42.9 Å². The zero-order valence-electron chi connectivity index (χ0n) is 22.3. The Morgan fingerprint density at radius 1 is 0.872 bits per heavy atom. The number of nitrogens with one attached hydrogen (secondary N) is 3. The lowest BCUT2D eigenvalue weighted by Gasteiger charge is -2.26. The van der Waals surface area contributed by atoms with Gasteiger partial charge in [0.25, 0.3) is 11.8 Å². The van der Waals surface area contributed by atoms with Crippen LogP contribution in [0.25, 0.3) is 0 Å². The molecule has 3 aromatic rings. The van der Waals surface area contributed by atoms with E-state index < -0.39 is 0 Å². The van der Waals surface area contributed by atoms with Crippen molar-refractivity contribution in [1.29, 1.82) is 0 Å². The highest BCUT2D eigenvalue weighted by Crippen LogP contribution is 2.26. The molecule has 0 unspecified atom stereocenters. The number of amides is 4. The quantitative estimate of drug-likeness (QED) is 0.417. The van der Waals surface area contributed by atoms with Gasteiger partial charge in [0.2, 0.25) is 0 Å². The third-order valence-corrected chi connectivity index (χ3v) is 6.63. The Labute approximate surface area is 228 Å². The smallest absolute Gasteiger partial charge is 0.319 e. The van der Waals surface area contributed by atoms with Gasteiger partial charge in [-0.2, -0.15) is 0 Å². The SMILES string of the molecule is CCNC(=O)Nc1ccc(N2CCCN(C(=O)c3ccc(C)cc3)CC2)c(C(=O)NCc2ccc(F)cc2)c1. The summed E-state index contributed by atoms with van der Waals surface area (Å²) in [5.74, 6) is -0.658. The van der Waals surface area contributed by atoms with Crippen LogP contribution in [0, 0.1) is 12.7 Å². The molecule has 0 atom stereocenters. The van der Waals surface area contributed by atoms with Crippen molar-refractivity contribution >= 4 is 29.2 Å². The van der Waals surface area contributed by atoms with Gasteiger partial charge < -0.3 is 25.8 Å². The van der Waals surface area contributed by atoms with E-state index in [9.17, 15) is 18.8 Å². The maximum atomic E-state index is 13.4. The largest absolute Gasteiger partial charge is 0.369 e. The average Bonchev–Trinajstić information content (AvgIpc) is 3.19.